The molecule has 0 amide bonds. The summed E-state index contributed by atoms with van der Waals surface area (Å²) >= 11 is 0. The Morgan fingerprint density at radius 3 is 0.917 bits per heavy atom. The standard InChI is InChI=1S/C102H70F2N2O2Si/c1-3-69-33-53-83(54-34-69)107-85-57-37-73(38-58-85)101(71-21-9-5-10-22-71)95-31-19-17-29-89(95)91-61-49-81(67-97(91)101)105(77-45-41-75(103)42-46-77)79-51-63-99-93(65-79)94-66-80(52-64-100(94)109(99,87-25-13-7-14-26-87)88-27-15-8-16-28-88)106(78-47-43-76(104)44-48-78)82-50-62-92-90-30-18-20-32-96(90)102(98(92)68-82,72-23-11-6-12-24-72)74-39-59-86(60-40-74)108-84-55-35-70(4-2)36-56-84/h3-68H,1-2H2. The van der Waals surface area contributed by atoms with Crippen LogP contribution in [0.3, 0.4) is 0 Å². The number of fused-ring (bicyclic) bond motifs is 9. The van der Waals surface area contributed by atoms with Crippen molar-refractivity contribution in [2.45, 2.75) is 10.8 Å². The van der Waals surface area contributed by atoms with E-state index in [1.165, 1.54) is 31.9 Å². The van der Waals surface area contributed by atoms with Crippen LogP contribution in [0.15, 0.2) is 401 Å². The SMILES string of the molecule is C=Cc1ccc(Oc2ccc(C3(c4ccccc4)c4ccccc4-c4ccc(N(c5ccc(F)cc5)c5ccc6c(c5)-c5cc(N(c7ccc(F)cc7)c7ccc8c(c7)C(c7ccccc7)(c7ccc(Oc9ccc(C=C)cc9)cc7)c7ccccc7-8)ccc5[Si]6(c5ccccc5)c5ccccc5)cc43)cc2)cc1. The summed E-state index contributed by atoms with van der Waals surface area (Å²) in [6.07, 6.45) is 3.66. The Balaban J connectivity index is 0.802. The van der Waals surface area contributed by atoms with Gasteiger partial charge in [0.25, 0.3) is 0 Å². The van der Waals surface area contributed by atoms with E-state index >= 15 is 8.78 Å². The summed E-state index contributed by atoms with van der Waals surface area (Å²) in [5.41, 5.74) is 21.3. The van der Waals surface area contributed by atoms with E-state index in [2.05, 4.69) is 314 Å². The van der Waals surface area contributed by atoms with Gasteiger partial charge in [0.1, 0.15) is 34.6 Å². The molecule has 0 radical (unpaired) electrons. The lowest BCUT2D eigenvalue weighted by molar-refractivity contribution is 0.482. The van der Waals surface area contributed by atoms with Gasteiger partial charge in [-0.3, -0.25) is 0 Å². The lowest BCUT2D eigenvalue weighted by Gasteiger charge is -2.35. The first-order valence-corrected chi connectivity index (χ1v) is 38.9. The molecule has 0 N–H and O–H groups in total. The molecule has 4 nitrogen and oxygen atoms in total. The minimum Gasteiger partial charge on any atom is -0.457 e. The second-order valence-corrected chi connectivity index (χ2v) is 31.9. The van der Waals surface area contributed by atoms with Gasteiger partial charge in [0.15, 0.2) is 8.07 Å². The third-order valence-corrected chi connectivity index (χ3v) is 27.4. The largest absolute Gasteiger partial charge is 0.457 e. The van der Waals surface area contributed by atoms with Crippen LogP contribution in [-0.4, -0.2) is 8.07 Å². The number of rotatable bonds is 18. The zero-order valence-electron chi connectivity index (χ0n) is 59.5. The zero-order valence-corrected chi connectivity index (χ0v) is 60.5. The summed E-state index contributed by atoms with van der Waals surface area (Å²) < 4.78 is 44.3. The van der Waals surface area contributed by atoms with Crippen LogP contribution >= 0.6 is 0 Å². The molecular weight excluding hydrogens is 1350 g/mol. The van der Waals surface area contributed by atoms with Crippen LogP contribution in [0.5, 0.6) is 23.0 Å². The third kappa shape index (κ3) is 10.8. The molecule has 0 saturated carbocycles. The maximum atomic E-state index is 15.6. The van der Waals surface area contributed by atoms with E-state index in [1.54, 1.807) is 24.3 Å². The summed E-state index contributed by atoms with van der Waals surface area (Å²) in [7, 11) is -3.18. The molecule has 19 rings (SSSR count). The van der Waals surface area contributed by atoms with E-state index in [0.29, 0.717) is 0 Å². The fourth-order valence-corrected chi connectivity index (χ4v) is 22.9. The molecule has 0 saturated heterocycles. The highest BCUT2D eigenvalue weighted by atomic mass is 28.3. The van der Waals surface area contributed by atoms with Crippen molar-refractivity contribution in [1.29, 1.82) is 0 Å². The van der Waals surface area contributed by atoms with Crippen LogP contribution in [0.1, 0.15) is 55.6 Å². The Bertz CT molecular complexity index is 5760. The molecule has 1 aliphatic heterocycles. The lowest BCUT2D eigenvalue weighted by Crippen LogP contribution is -2.72. The van der Waals surface area contributed by atoms with Gasteiger partial charge >= 0.3 is 0 Å². The molecule has 16 aromatic rings. The summed E-state index contributed by atoms with van der Waals surface area (Å²) in [4.78, 5) is 4.58. The number of ether oxygens (including phenoxy) is 2. The monoisotopic (exact) mass is 1420 g/mol. The predicted molar refractivity (Wildman–Crippen MR) is 446 cm³/mol. The number of hydrogen-bond donors (Lipinski definition) is 0. The first-order chi connectivity index (χ1) is 53.7. The molecule has 0 bridgehead atoms. The van der Waals surface area contributed by atoms with E-state index in [0.717, 1.165) is 135 Å². The van der Waals surface area contributed by atoms with Gasteiger partial charge in [-0.2, -0.15) is 0 Å². The van der Waals surface area contributed by atoms with Gasteiger partial charge in [-0.05, 0) is 255 Å². The predicted octanol–water partition coefficient (Wildman–Crippen LogP) is 23.9. The van der Waals surface area contributed by atoms with Crippen LogP contribution in [0, 0.1) is 11.6 Å². The van der Waals surface area contributed by atoms with Crippen LogP contribution in [0.2, 0.25) is 0 Å². The molecule has 3 aliphatic rings. The normalized spacial score (nSPS) is 15.1. The molecule has 7 heteroatoms. The Kier molecular flexibility index (Phi) is 16.4. The molecule has 1 heterocycles. The van der Waals surface area contributed by atoms with Crippen molar-refractivity contribution < 1.29 is 18.3 Å². The molecule has 0 spiro atoms. The molecule has 2 atom stereocenters. The Hall–Kier alpha value is -13.7. The quantitative estimate of drug-likeness (QED) is 0.0800. The molecule has 2 unspecified atom stereocenters. The summed E-state index contributed by atoms with van der Waals surface area (Å²) in [5.74, 6) is 2.26. The summed E-state index contributed by atoms with van der Waals surface area (Å²) in [6.45, 7) is 7.88. The summed E-state index contributed by atoms with van der Waals surface area (Å²) in [5, 5.41) is 4.99. The number of hydrogen-bond acceptors (Lipinski definition) is 4. The van der Waals surface area contributed by atoms with Crippen LogP contribution in [-0.2, 0) is 10.8 Å². The maximum absolute atomic E-state index is 15.6. The highest BCUT2D eigenvalue weighted by molar-refractivity contribution is 7.22. The minimum atomic E-state index is -3.18. The lowest BCUT2D eigenvalue weighted by atomic mass is 9.67. The fourth-order valence-electron chi connectivity index (χ4n) is 17.8. The molecule has 518 valence electrons. The van der Waals surface area contributed by atoms with E-state index in [1.807, 2.05) is 84.9 Å². The van der Waals surface area contributed by atoms with Gasteiger partial charge in [0, 0.05) is 34.1 Å². The van der Waals surface area contributed by atoms with E-state index in [9.17, 15) is 0 Å². The second-order valence-electron chi connectivity index (χ2n) is 28.1. The van der Waals surface area contributed by atoms with Gasteiger partial charge in [0.05, 0.1) is 10.8 Å². The Morgan fingerprint density at radius 1 is 0.257 bits per heavy atom. The average molecular weight is 1420 g/mol. The molecule has 2 aliphatic carbocycles. The van der Waals surface area contributed by atoms with Crippen molar-refractivity contribution in [3.63, 3.8) is 0 Å². The zero-order chi connectivity index (χ0) is 73.2. The van der Waals surface area contributed by atoms with Crippen molar-refractivity contribution in [3.8, 4) is 56.4 Å². The van der Waals surface area contributed by atoms with Crippen LogP contribution in [0.4, 0.5) is 42.9 Å². The van der Waals surface area contributed by atoms with Crippen molar-refractivity contribution in [3.05, 3.63) is 469 Å². The van der Waals surface area contributed by atoms with Gasteiger partial charge in [-0.15, -0.1) is 0 Å². The number of benzene rings is 16. The van der Waals surface area contributed by atoms with Crippen LogP contribution < -0.4 is 40.0 Å². The molecule has 16 aromatic carbocycles. The Labute approximate surface area is 635 Å². The highest BCUT2D eigenvalue weighted by Crippen LogP contribution is 2.60. The van der Waals surface area contributed by atoms with Gasteiger partial charge in [0.2, 0.25) is 0 Å². The molecule has 0 aromatic heterocycles. The van der Waals surface area contributed by atoms with Crippen molar-refractivity contribution >= 4 is 75.1 Å². The topological polar surface area (TPSA) is 24.9 Å². The second kappa shape index (κ2) is 27.0. The third-order valence-electron chi connectivity index (χ3n) is 22.5. The molecule has 109 heavy (non-hydrogen) atoms. The van der Waals surface area contributed by atoms with Crippen molar-refractivity contribution in [2.24, 2.45) is 0 Å². The molecular formula is C102H70F2N2O2Si. The number of anilines is 6. The first kappa shape index (κ1) is 66.0. The minimum absolute atomic E-state index is 0.329. The van der Waals surface area contributed by atoms with Gasteiger partial charge in [-0.1, -0.05) is 268 Å². The first-order valence-electron chi connectivity index (χ1n) is 36.9. The average Bonchev–Trinajstić information content (AvgIpc) is 1.56. The van der Waals surface area contributed by atoms with Crippen LogP contribution in [0.25, 0.3) is 45.5 Å². The molecule has 0 fully saturated rings. The van der Waals surface area contributed by atoms with Gasteiger partial charge < -0.3 is 19.3 Å². The van der Waals surface area contributed by atoms with E-state index in [4.69, 9.17) is 9.47 Å². The maximum Gasteiger partial charge on any atom is 0.180 e. The van der Waals surface area contributed by atoms with Crippen molar-refractivity contribution in [2.75, 3.05) is 9.80 Å². The Morgan fingerprint density at radius 2 is 0.550 bits per heavy atom. The smallest absolute Gasteiger partial charge is 0.180 e. The highest BCUT2D eigenvalue weighted by Gasteiger charge is 2.51. The summed E-state index contributed by atoms with van der Waals surface area (Å²) in [6, 6.07) is 136. The van der Waals surface area contributed by atoms with Crippen molar-refractivity contribution in [1.82, 2.24) is 0 Å². The van der Waals surface area contributed by atoms with Gasteiger partial charge in [-0.25, -0.2) is 8.78 Å². The van der Waals surface area contributed by atoms with E-state index in [-0.39, 0.29) is 11.6 Å². The number of halogens is 2. The number of nitrogens with zero attached hydrogens (tertiary/aromatic N) is 2. The van der Waals surface area contributed by atoms with E-state index < -0.39 is 18.9 Å². The fraction of sp³-hybridized carbons (Fsp3) is 0.0196.